The molecule has 1 fully saturated rings. The Morgan fingerprint density at radius 1 is 1.32 bits per heavy atom. The number of nitrogens with one attached hydrogen (secondary N) is 1. The molecule has 5 heteroatoms. The summed E-state index contributed by atoms with van der Waals surface area (Å²) < 4.78 is 5.09. The van der Waals surface area contributed by atoms with Crippen molar-refractivity contribution >= 4 is 5.91 Å². The lowest BCUT2D eigenvalue weighted by Crippen LogP contribution is -2.38. The third kappa shape index (κ3) is 3.95. The first-order valence-corrected chi connectivity index (χ1v) is 7.74. The zero-order chi connectivity index (χ0) is 15.2. The average Bonchev–Trinajstić information content (AvgIpc) is 3.09. The van der Waals surface area contributed by atoms with Gasteiger partial charge in [-0.05, 0) is 55.6 Å². The summed E-state index contributed by atoms with van der Waals surface area (Å²) in [6, 6.07) is 7.51. The maximum atomic E-state index is 11.8. The lowest BCUT2D eigenvalue weighted by molar-refractivity contribution is 0.0907. The number of nitrogens with zero attached hydrogens (tertiary/aromatic N) is 2. The van der Waals surface area contributed by atoms with Gasteiger partial charge in [0, 0.05) is 25.5 Å². The van der Waals surface area contributed by atoms with Gasteiger partial charge in [0.1, 0.15) is 0 Å². The van der Waals surface area contributed by atoms with E-state index in [1.807, 2.05) is 12.3 Å². The molecule has 1 aliphatic rings. The van der Waals surface area contributed by atoms with E-state index in [1.165, 1.54) is 11.8 Å². The highest BCUT2D eigenvalue weighted by Gasteiger charge is 2.20. The average molecular weight is 299 g/mol. The summed E-state index contributed by atoms with van der Waals surface area (Å²) in [5.74, 6) is 0.806. The number of furan rings is 1. The smallest absolute Gasteiger partial charge is 0.286 e. The predicted octanol–water partition coefficient (Wildman–Crippen LogP) is 2.32. The van der Waals surface area contributed by atoms with Crippen LogP contribution in [-0.2, 0) is 6.54 Å². The van der Waals surface area contributed by atoms with Crippen molar-refractivity contribution in [2.75, 3.05) is 19.6 Å². The molecule has 0 radical (unpaired) electrons. The van der Waals surface area contributed by atoms with Crippen LogP contribution in [0.15, 0.2) is 47.3 Å². The molecule has 5 nitrogen and oxygen atoms in total. The first kappa shape index (κ1) is 14.8. The van der Waals surface area contributed by atoms with Crippen LogP contribution in [0.3, 0.4) is 0 Å². The van der Waals surface area contributed by atoms with Crippen molar-refractivity contribution in [1.82, 2.24) is 15.2 Å². The number of amides is 1. The Morgan fingerprint density at radius 3 is 2.86 bits per heavy atom. The fourth-order valence-electron chi connectivity index (χ4n) is 2.83. The van der Waals surface area contributed by atoms with Gasteiger partial charge in [-0.2, -0.15) is 0 Å². The standard InChI is InChI=1S/C17H21N3O2/c21-17(16-4-2-10-22-16)19-12-14-5-8-20(9-6-14)13-15-3-1-7-18-11-15/h1-4,7,10-11,14H,5-6,8-9,12-13H2,(H,19,21). The van der Waals surface area contributed by atoms with Crippen molar-refractivity contribution in [2.24, 2.45) is 5.92 Å². The number of likely N-dealkylation sites (tertiary alicyclic amines) is 1. The van der Waals surface area contributed by atoms with Crippen molar-refractivity contribution < 1.29 is 9.21 Å². The van der Waals surface area contributed by atoms with Crippen molar-refractivity contribution in [2.45, 2.75) is 19.4 Å². The zero-order valence-corrected chi connectivity index (χ0v) is 12.6. The Bertz CT molecular complexity index is 575. The van der Waals surface area contributed by atoms with E-state index >= 15 is 0 Å². The van der Waals surface area contributed by atoms with E-state index < -0.39 is 0 Å². The molecule has 2 aromatic rings. The molecule has 1 N–H and O–H groups in total. The van der Waals surface area contributed by atoms with Crippen molar-refractivity contribution in [3.8, 4) is 0 Å². The largest absolute Gasteiger partial charge is 0.459 e. The van der Waals surface area contributed by atoms with E-state index in [9.17, 15) is 4.79 Å². The molecule has 0 saturated carbocycles. The molecule has 1 amide bonds. The van der Waals surface area contributed by atoms with E-state index in [2.05, 4.69) is 21.3 Å². The van der Waals surface area contributed by atoms with Crippen molar-refractivity contribution in [1.29, 1.82) is 0 Å². The fourth-order valence-corrected chi connectivity index (χ4v) is 2.83. The lowest BCUT2D eigenvalue weighted by Gasteiger charge is -2.31. The molecule has 3 rings (SSSR count). The molecule has 1 saturated heterocycles. The SMILES string of the molecule is O=C(NCC1CCN(Cc2cccnc2)CC1)c1ccco1. The third-order valence-corrected chi connectivity index (χ3v) is 4.13. The van der Waals surface area contributed by atoms with E-state index in [0.29, 0.717) is 11.7 Å². The number of aromatic nitrogens is 1. The molecule has 3 heterocycles. The van der Waals surface area contributed by atoms with E-state index in [1.54, 1.807) is 18.3 Å². The second-order valence-electron chi connectivity index (χ2n) is 5.77. The number of hydrogen-bond donors (Lipinski definition) is 1. The van der Waals surface area contributed by atoms with E-state index in [4.69, 9.17) is 4.42 Å². The molecule has 1 aliphatic heterocycles. The van der Waals surface area contributed by atoms with Crippen molar-refractivity contribution in [3.63, 3.8) is 0 Å². The van der Waals surface area contributed by atoms with Crippen LogP contribution in [-0.4, -0.2) is 35.4 Å². The van der Waals surface area contributed by atoms with Gasteiger partial charge in [-0.3, -0.25) is 14.7 Å². The predicted molar refractivity (Wildman–Crippen MR) is 83.3 cm³/mol. The number of pyridine rings is 1. The van der Waals surface area contributed by atoms with Gasteiger partial charge < -0.3 is 9.73 Å². The first-order valence-electron chi connectivity index (χ1n) is 7.74. The quantitative estimate of drug-likeness (QED) is 0.920. The molecule has 0 bridgehead atoms. The normalized spacial score (nSPS) is 16.5. The minimum absolute atomic E-state index is 0.122. The summed E-state index contributed by atoms with van der Waals surface area (Å²) >= 11 is 0. The van der Waals surface area contributed by atoms with Gasteiger partial charge in [0.05, 0.1) is 6.26 Å². The molecule has 0 spiro atoms. The van der Waals surface area contributed by atoms with Crippen LogP contribution in [0.4, 0.5) is 0 Å². The van der Waals surface area contributed by atoms with Crippen LogP contribution >= 0.6 is 0 Å². The van der Waals surface area contributed by atoms with Gasteiger partial charge in [-0.25, -0.2) is 0 Å². The highest BCUT2D eigenvalue weighted by atomic mass is 16.3. The minimum atomic E-state index is -0.122. The number of rotatable bonds is 5. The second-order valence-corrected chi connectivity index (χ2v) is 5.77. The van der Waals surface area contributed by atoms with Crippen LogP contribution < -0.4 is 5.32 Å². The molecule has 0 aliphatic carbocycles. The number of hydrogen-bond acceptors (Lipinski definition) is 4. The molecular formula is C17H21N3O2. The molecule has 22 heavy (non-hydrogen) atoms. The molecule has 116 valence electrons. The van der Waals surface area contributed by atoms with Gasteiger partial charge in [0.25, 0.3) is 5.91 Å². The van der Waals surface area contributed by atoms with Crippen molar-refractivity contribution in [3.05, 3.63) is 54.2 Å². The number of carbonyl (C=O) groups excluding carboxylic acids is 1. The third-order valence-electron chi connectivity index (χ3n) is 4.13. The van der Waals surface area contributed by atoms with E-state index in [-0.39, 0.29) is 5.91 Å². The van der Waals surface area contributed by atoms with Gasteiger partial charge >= 0.3 is 0 Å². The van der Waals surface area contributed by atoms with Crippen LogP contribution in [0.25, 0.3) is 0 Å². The molecule has 0 atom stereocenters. The highest BCUT2D eigenvalue weighted by Crippen LogP contribution is 2.18. The van der Waals surface area contributed by atoms with Crippen LogP contribution in [0.5, 0.6) is 0 Å². The van der Waals surface area contributed by atoms with Gasteiger partial charge in [-0.1, -0.05) is 6.07 Å². The number of piperidine rings is 1. The Balaban J connectivity index is 1.39. The summed E-state index contributed by atoms with van der Waals surface area (Å²) in [5.41, 5.74) is 1.26. The molecule has 0 aromatic carbocycles. The summed E-state index contributed by atoms with van der Waals surface area (Å²) in [6.07, 6.45) is 7.47. The maximum Gasteiger partial charge on any atom is 0.286 e. The fraction of sp³-hybridized carbons (Fsp3) is 0.412. The molecule has 0 unspecified atom stereocenters. The lowest BCUT2D eigenvalue weighted by atomic mass is 9.96. The Hall–Kier alpha value is -2.14. The highest BCUT2D eigenvalue weighted by molar-refractivity contribution is 5.91. The van der Waals surface area contributed by atoms with Gasteiger partial charge in [0.15, 0.2) is 5.76 Å². The molecule has 2 aromatic heterocycles. The summed E-state index contributed by atoms with van der Waals surface area (Å²) in [7, 11) is 0. The summed E-state index contributed by atoms with van der Waals surface area (Å²) in [4.78, 5) is 18.4. The first-order chi connectivity index (χ1) is 10.8. The maximum absolute atomic E-state index is 11.8. The topological polar surface area (TPSA) is 58.4 Å². The minimum Gasteiger partial charge on any atom is -0.459 e. The van der Waals surface area contributed by atoms with Crippen LogP contribution in [0.2, 0.25) is 0 Å². The van der Waals surface area contributed by atoms with Gasteiger partial charge in [0.2, 0.25) is 0 Å². The van der Waals surface area contributed by atoms with Crippen LogP contribution in [0.1, 0.15) is 29.0 Å². The Morgan fingerprint density at radius 2 is 2.18 bits per heavy atom. The summed E-state index contributed by atoms with van der Waals surface area (Å²) in [5, 5.41) is 2.96. The molecular weight excluding hydrogens is 278 g/mol. The van der Waals surface area contributed by atoms with Gasteiger partial charge in [-0.15, -0.1) is 0 Å². The Labute approximate surface area is 130 Å². The van der Waals surface area contributed by atoms with E-state index in [0.717, 1.165) is 39.0 Å². The zero-order valence-electron chi connectivity index (χ0n) is 12.6. The van der Waals surface area contributed by atoms with Crippen LogP contribution in [0, 0.1) is 5.92 Å². The Kier molecular flexibility index (Phi) is 4.85. The summed E-state index contributed by atoms with van der Waals surface area (Å²) in [6.45, 7) is 3.81. The second kappa shape index (κ2) is 7.22. The number of carbonyl (C=O) groups is 1. The monoisotopic (exact) mass is 299 g/mol.